The number of rotatable bonds is 10. The minimum Gasteiger partial charge on any atom is -0.451 e. The van der Waals surface area contributed by atoms with Crippen LogP contribution in [0.15, 0.2) is 53.6 Å². The molecule has 19 heteroatoms. The lowest BCUT2D eigenvalue weighted by molar-refractivity contribution is -0.120. The number of urea groups is 1. The third-order valence-electron chi connectivity index (χ3n) is 13.6. The van der Waals surface area contributed by atoms with Crippen molar-refractivity contribution >= 4 is 55.5 Å². The summed E-state index contributed by atoms with van der Waals surface area (Å²) in [4.78, 5) is 46.5. The fourth-order valence-electron chi connectivity index (χ4n) is 9.86. The van der Waals surface area contributed by atoms with Gasteiger partial charge < -0.3 is 9.64 Å². The van der Waals surface area contributed by atoms with Crippen LogP contribution in [0.1, 0.15) is 82.2 Å². The first-order chi connectivity index (χ1) is 29.6. The van der Waals surface area contributed by atoms with Gasteiger partial charge in [-0.15, -0.1) is 0 Å². The molecule has 4 fully saturated rings. The molecule has 5 aromatic rings. The molecule has 15 nitrogen and oxygen atoms in total. The van der Waals surface area contributed by atoms with Gasteiger partial charge >= 0.3 is 16.2 Å². The number of halogens is 3. The molecule has 328 valence electrons. The van der Waals surface area contributed by atoms with Crippen LogP contribution in [-0.4, -0.2) is 88.2 Å². The topological polar surface area (TPSA) is 164 Å². The molecule has 0 atom stereocenters. The van der Waals surface area contributed by atoms with E-state index in [1.165, 1.54) is 36.2 Å². The Hall–Kier alpha value is -5.53. The fourth-order valence-corrected chi connectivity index (χ4v) is 10.8. The average Bonchev–Trinajstić information content (AvgIpc) is 3.56. The van der Waals surface area contributed by atoms with Crippen LogP contribution >= 0.6 is 0 Å². The Balaban J connectivity index is 0.812. The maximum atomic E-state index is 15.8. The Kier molecular flexibility index (Phi) is 10.8. The van der Waals surface area contributed by atoms with Gasteiger partial charge in [-0.1, -0.05) is 6.92 Å². The summed E-state index contributed by atoms with van der Waals surface area (Å²) in [6.45, 7) is 3.83. The van der Waals surface area contributed by atoms with Crippen molar-refractivity contribution in [3.63, 3.8) is 0 Å². The number of aryl methyl sites for hydroxylation is 1. The van der Waals surface area contributed by atoms with E-state index in [0.29, 0.717) is 28.3 Å². The Morgan fingerprint density at radius 1 is 0.935 bits per heavy atom. The number of aromatic nitrogens is 4. The van der Waals surface area contributed by atoms with Crippen LogP contribution in [0, 0.1) is 22.9 Å². The van der Waals surface area contributed by atoms with E-state index < -0.39 is 39.3 Å². The van der Waals surface area contributed by atoms with Crippen molar-refractivity contribution in [2.45, 2.75) is 82.7 Å². The van der Waals surface area contributed by atoms with Crippen LogP contribution in [0.4, 0.5) is 29.5 Å². The van der Waals surface area contributed by atoms with Crippen LogP contribution in [-0.2, 0) is 22.1 Å². The molecule has 3 amide bonds. The number of amides is 3. The SMILES string of the molecule is CCN(C)S(=O)(=O)Nc1ccc(F)c(Oc2ccc3ncn(C4CC5(CCN(C6CCC(c7cc8c(cc7F)c(N7CCC(=O)NC7=O)nn8C)CC6)CC5)C4)c(=O)c3c2)c1F. The zero-order valence-electron chi connectivity index (χ0n) is 34.7. The number of ether oxygens (including phenoxy) is 1. The summed E-state index contributed by atoms with van der Waals surface area (Å²) in [7, 11) is -0.997. The first kappa shape index (κ1) is 41.8. The molecular weight excluding hydrogens is 828 g/mol. The van der Waals surface area contributed by atoms with Crippen LogP contribution in [0.25, 0.3) is 21.8 Å². The van der Waals surface area contributed by atoms with Gasteiger partial charge in [0.25, 0.3) is 5.56 Å². The number of nitrogens with zero attached hydrogens (tertiary/aromatic N) is 7. The average molecular weight is 876 g/mol. The molecule has 1 spiro atoms. The molecule has 0 radical (unpaired) electrons. The highest BCUT2D eigenvalue weighted by Crippen LogP contribution is 2.55. The highest BCUT2D eigenvalue weighted by Gasteiger charge is 2.48. The van der Waals surface area contributed by atoms with Gasteiger partial charge in [-0.2, -0.15) is 17.8 Å². The summed E-state index contributed by atoms with van der Waals surface area (Å²) < 4.78 is 83.0. The summed E-state index contributed by atoms with van der Waals surface area (Å²) in [5.74, 6) is -3.35. The number of anilines is 2. The van der Waals surface area contributed by atoms with Crippen molar-refractivity contribution in [1.82, 2.24) is 33.9 Å². The van der Waals surface area contributed by atoms with Gasteiger partial charge in [-0.25, -0.2) is 22.9 Å². The van der Waals surface area contributed by atoms with E-state index in [9.17, 15) is 27.2 Å². The number of likely N-dealkylation sites (tertiary alicyclic amines) is 1. The molecule has 0 unspecified atom stereocenters. The van der Waals surface area contributed by atoms with E-state index in [1.54, 1.807) is 29.5 Å². The highest BCUT2D eigenvalue weighted by molar-refractivity contribution is 7.90. The lowest BCUT2D eigenvalue weighted by Crippen LogP contribution is -2.51. The van der Waals surface area contributed by atoms with Crippen molar-refractivity contribution in [1.29, 1.82) is 0 Å². The number of hydrogen-bond donors (Lipinski definition) is 2. The van der Waals surface area contributed by atoms with Gasteiger partial charge in [0.15, 0.2) is 17.5 Å². The minimum atomic E-state index is -4.09. The maximum Gasteiger partial charge on any atom is 0.329 e. The van der Waals surface area contributed by atoms with Crippen LogP contribution < -0.4 is 25.2 Å². The second-order valence-corrected chi connectivity index (χ2v) is 19.0. The molecular formula is C43H48F3N9O6S. The predicted octanol–water partition coefficient (Wildman–Crippen LogP) is 6.69. The molecule has 3 aromatic carbocycles. The van der Waals surface area contributed by atoms with Gasteiger partial charge in [0.05, 0.1) is 28.4 Å². The third kappa shape index (κ3) is 7.57. The van der Waals surface area contributed by atoms with Crippen molar-refractivity contribution in [3.05, 3.63) is 82.2 Å². The molecule has 4 heterocycles. The van der Waals surface area contributed by atoms with E-state index in [-0.39, 0.29) is 65.3 Å². The Bertz CT molecular complexity index is 2770. The van der Waals surface area contributed by atoms with E-state index in [2.05, 4.69) is 25.0 Å². The number of fused-ring (bicyclic) bond motifs is 2. The number of carbonyl (C=O) groups excluding carboxylic acids is 2. The van der Waals surface area contributed by atoms with E-state index in [0.717, 1.165) is 86.4 Å². The number of carbonyl (C=O) groups is 2. The number of nitrogens with one attached hydrogen (secondary N) is 2. The number of piperidine rings is 1. The smallest absolute Gasteiger partial charge is 0.329 e. The molecule has 2 N–H and O–H groups in total. The van der Waals surface area contributed by atoms with Gasteiger partial charge in [0.1, 0.15) is 11.6 Å². The Morgan fingerprint density at radius 3 is 2.39 bits per heavy atom. The molecule has 62 heavy (non-hydrogen) atoms. The lowest BCUT2D eigenvalue weighted by atomic mass is 9.60. The van der Waals surface area contributed by atoms with Gasteiger partial charge in [0, 0.05) is 51.1 Å². The quantitative estimate of drug-likeness (QED) is 0.156. The Labute approximate surface area is 356 Å². The molecule has 2 aliphatic carbocycles. The second kappa shape index (κ2) is 16.0. The normalized spacial score (nSPS) is 21.2. The zero-order valence-corrected chi connectivity index (χ0v) is 35.5. The molecule has 4 aliphatic rings. The van der Waals surface area contributed by atoms with Gasteiger partial charge in [-0.05, 0) is 124 Å². The maximum absolute atomic E-state index is 15.8. The first-order valence-electron chi connectivity index (χ1n) is 21.1. The third-order valence-corrected chi connectivity index (χ3v) is 15.2. The predicted molar refractivity (Wildman–Crippen MR) is 226 cm³/mol. The fraction of sp³-hybridized carbons (Fsp3) is 0.465. The zero-order chi connectivity index (χ0) is 43.7. The van der Waals surface area contributed by atoms with Crippen LogP contribution in [0.3, 0.4) is 0 Å². The van der Waals surface area contributed by atoms with Gasteiger partial charge in [0.2, 0.25) is 11.7 Å². The first-order valence-corrected chi connectivity index (χ1v) is 22.5. The van der Waals surface area contributed by atoms with E-state index in [4.69, 9.17) is 4.74 Å². The summed E-state index contributed by atoms with van der Waals surface area (Å²) >= 11 is 0. The molecule has 9 rings (SSSR count). The van der Waals surface area contributed by atoms with Crippen molar-refractivity contribution in [3.8, 4) is 11.5 Å². The molecule has 2 aliphatic heterocycles. The largest absolute Gasteiger partial charge is 0.451 e. The van der Waals surface area contributed by atoms with Crippen molar-refractivity contribution in [2.75, 3.05) is 42.8 Å². The number of benzene rings is 3. The van der Waals surface area contributed by atoms with Crippen molar-refractivity contribution in [2.24, 2.45) is 12.5 Å². The lowest BCUT2D eigenvalue weighted by Gasteiger charge is -2.54. The van der Waals surface area contributed by atoms with Crippen LogP contribution in [0.2, 0.25) is 0 Å². The number of hydrogen-bond acceptors (Lipinski definition) is 9. The molecule has 0 bridgehead atoms. The highest BCUT2D eigenvalue weighted by atomic mass is 32.2. The second-order valence-electron chi connectivity index (χ2n) is 17.2. The number of imide groups is 1. The summed E-state index contributed by atoms with van der Waals surface area (Å²) in [6, 6.07) is 9.40. The molecule has 2 saturated heterocycles. The van der Waals surface area contributed by atoms with Gasteiger partial charge in [-0.3, -0.25) is 33.8 Å². The van der Waals surface area contributed by atoms with Crippen molar-refractivity contribution < 1.29 is 35.9 Å². The standard InChI is InChI=1S/C43H48F3N9O6S/c1-4-51(2)62(59,60)50-35-12-10-32(44)39(38(35)46)61-28-9-11-34-30(19-28)41(57)55(24-47-34)27-22-43(23-27)14-17-53(18-15-43)26-7-5-25(6-8-26)29-21-36-31(20-33(29)45)40(49-52(36)3)54-16-13-37(56)48-42(54)58/h9-12,19-21,24-27,50H,4-8,13-18,22-23H2,1-3H3,(H,48,56,58). The molecule has 2 aromatic heterocycles. The summed E-state index contributed by atoms with van der Waals surface area (Å²) in [5.41, 5.74) is 1.15. The summed E-state index contributed by atoms with van der Waals surface area (Å²) in [6.07, 6.45) is 9.03. The Morgan fingerprint density at radius 2 is 1.68 bits per heavy atom. The minimum absolute atomic E-state index is 0.0114. The van der Waals surface area contributed by atoms with E-state index >= 15 is 8.78 Å². The molecule has 2 saturated carbocycles. The monoisotopic (exact) mass is 875 g/mol. The van der Waals surface area contributed by atoms with E-state index in [1.807, 2.05) is 6.07 Å². The van der Waals surface area contributed by atoms with Crippen LogP contribution in [0.5, 0.6) is 11.5 Å². The summed E-state index contributed by atoms with van der Waals surface area (Å²) in [5, 5.41) is 7.60.